The van der Waals surface area contributed by atoms with Crippen molar-refractivity contribution in [2.75, 3.05) is 18.2 Å². The van der Waals surface area contributed by atoms with Gasteiger partial charge < -0.3 is 15.8 Å². The predicted octanol–water partition coefficient (Wildman–Crippen LogP) is 3.11. The van der Waals surface area contributed by atoms with Crippen molar-refractivity contribution >= 4 is 22.4 Å². The van der Waals surface area contributed by atoms with Crippen molar-refractivity contribution in [1.29, 1.82) is 0 Å². The zero-order valence-corrected chi connectivity index (χ0v) is 11.6. The lowest BCUT2D eigenvalue weighted by Gasteiger charge is -2.35. The molecule has 2 rings (SSSR count). The summed E-state index contributed by atoms with van der Waals surface area (Å²) < 4.78 is 9.39. The van der Waals surface area contributed by atoms with Crippen molar-refractivity contribution in [3.63, 3.8) is 0 Å². The van der Waals surface area contributed by atoms with Crippen LogP contribution in [0.1, 0.15) is 39.5 Å². The molecule has 0 bridgehead atoms. The van der Waals surface area contributed by atoms with Crippen LogP contribution in [0.15, 0.2) is 0 Å². The molecule has 0 spiro atoms. The standard InChI is InChI=1S/C12H21N3OS/c1-12(2)6-4-5-8(7-12)14-11-9(16-3)10(13)15-17-11/h8,14H,4-7H2,1-3H3,(H2,13,15). The Morgan fingerprint density at radius 1 is 1.53 bits per heavy atom. The van der Waals surface area contributed by atoms with Crippen LogP contribution < -0.4 is 15.8 Å². The van der Waals surface area contributed by atoms with Crippen LogP contribution >= 0.6 is 11.5 Å². The lowest BCUT2D eigenvalue weighted by Crippen LogP contribution is -2.31. The van der Waals surface area contributed by atoms with Gasteiger partial charge in [-0.05, 0) is 36.2 Å². The zero-order valence-electron chi connectivity index (χ0n) is 10.7. The normalized spacial score (nSPS) is 23.4. The van der Waals surface area contributed by atoms with E-state index in [2.05, 4.69) is 23.5 Å². The van der Waals surface area contributed by atoms with E-state index in [0.29, 0.717) is 23.0 Å². The van der Waals surface area contributed by atoms with Crippen LogP contribution in [-0.4, -0.2) is 17.5 Å². The van der Waals surface area contributed by atoms with Gasteiger partial charge in [0.05, 0.1) is 7.11 Å². The minimum absolute atomic E-state index is 0.430. The van der Waals surface area contributed by atoms with Crippen molar-refractivity contribution in [2.24, 2.45) is 5.41 Å². The van der Waals surface area contributed by atoms with Crippen molar-refractivity contribution in [2.45, 2.75) is 45.6 Å². The number of ether oxygens (including phenoxy) is 1. The van der Waals surface area contributed by atoms with Crippen LogP contribution in [-0.2, 0) is 0 Å². The molecule has 1 aliphatic carbocycles. The molecule has 5 heteroatoms. The lowest BCUT2D eigenvalue weighted by atomic mass is 9.75. The molecule has 3 N–H and O–H groups in total. The first-order valence-electron chi connectivity index (χ1n) is 6.07. The van der Waals surface area contributed by atoms with Gasteiger partial charge in [0.1, 0.15) is 0 Å². The second-order valence-electron chi connectivity index (χ2n) is 5.53. The number of nitrogens with one attached hydrogen (secondary N) is 1. The molecule has 0 radical (unpaired) electrons. The molecule has 1 fully saturated rings. The van der Waals surface area contributed by atoms with Crippen molar-refractivity contribution in [3.8, 4) is 5.75 Å². The molecule has 96 valence electrons. The minimum Gasteiger partial charge on any atom is -0.490 e. The molecule has 0 aliphatic heterocycles. The molecule has 1 unspecified atom stereocenters. The highest BCUT2D eigenvalue weighted by molar-refractivity contribution is 7.11. The van der Waals surface area contributed by atoms with Crippen LogP contribution in [0.25, 0.3) is 0 Å². The van der Waals surface area contributed by atoms with Gasteiger partial charge in [-0.1, -0.05) is 20.3 Å². The molecule has 4 nitrogen and oxygen atoms in total. The summed E-state index contributed by atoms with van der Waals surface area (Å²) in [6, 6.07) is 0.507. The summed E-state index contributed by atoms with van der Waals surface area (Å²) in [6.07, 6.45) is 4.99. The average Bonchev–Trinajstić information content (AvgIpc) is 2.58. The fraction of sp³-hybridized carbons (Fsp3) is 0.750. The molecular weight excluding hydrogens is 234 g/mol. The molecule has 1 aromatic heterocycles. The third-order valence-corrected chi connectivity index (χ3v) is 4.19. The number of rotatable bonds is 3. The van der Waals surface area contributed by atoms with E-state index >= 15 is 0 Å². The summed E-state index contributed by atoms with van der Waals surface area (Å²) in [5.74, 6) is 1.17. The number of nitrogen functional groups attached to an aromatic ring is 1. The third kappa shape index (κ3) is 2.83. The van der Waals surface area contributed by atoms with Crippen molar-refractivity contribution in [1.82, 2.24) is 4.37 Å². The Hall–Kier alpha value is -0.970. The summed E-state index contributed by atoms with van der Waals surface area (Å²) >= 11 is 1.38. The maximum atomic E-state index is 5.74. The largest absolute Gasteiger partial charge is 0.490 e. The monoisotopic (exact) mass is 255 g/mol. The van der Waals surface area contributed by atoms with Crippen LogP contribution in [0.5, 0.6) is 5.75 Å². The van der Waals surface area contributed by atoms with Crippen LogP contribution in [0, 0.1) is 5.41 Å². The zero-order chi connectivity index (χ0) is 12.5. The molecule has 1 aromatic rings. The van der Waals surface area contributed by atoms with Gasteiger partial charge in [0.15, 0.2) is 16.6 Å². The molecule has 0 aromatic carbocycles. The Labute approximate surface area is 107 Å². The van der Waals surface area contributed by atoms with Crippen LogP contribution in [0.4, 0.5) is 10.8 Å². The van der Waals surface area contributed by atoms with Gasteiger partial charge in [0.25, 0.3) is 0 Å². The molecule has 1 aliphatic rings. The van der Waals surface area contributed by atoms with E-state index in [-0.39, 0.29) is 0 Å². The van der Waals surface area contributed by atoms with Crippen molar-refractivity contribution < 1.29 is 4.74 Å². The highest BCUT2D eigenvalue weighted by Crippen LogP contribution is 2.40. The van der Waals surface area contributed by atoms with Crippen LogP contribution in [0.3, 0.4) is 0 Å². The van der Waals surface area contributed by atoms with E-state index in [1.807, 2.05) is 0 Å². The number of methoxy groups -OCH3 is 1. The highest BCUT2D eigenvalue weighted by Gasteiger charge is 2.28. The average molecular weight is 255 g/mol. The fourth-order valence-corrected chi connectivity index (χ4v) is 3.35. The van der Waals surface area contributed by atoms with E-state index in [1.165, 1.54) is 37.2 Å². The van der Waals surface area contributed by atoms with Gasteiger partial charge in [-0.2, -0.15) is 4.37 Å². The molecule has 0 amide bonds. The van der Waals surface area contributed by atoms with Crippen LogP contribution in [0.2, 0.25) is 0 Å². The lowest BCUT2D eigenvalue weighted by molar-refractivity contribution is 0.229. The number of aromatic nitrogens is 1. The Morgan fingerprint density at radius 3 is 2.94 bits per heavy atom. The molecule has 0 saturated heterocycles. The van der Waals surface area contributed by atoms with E-state index in [4.69, 9.17) is 10.5 Å². The predicted molar refractivity (Wildman–Crippen MR) is 72.7 cm³/mol. The maximum Gasteiger partial charge on any atom is 0.197 e. The van der Waals surface area contributed by atoms with Gasteiger partial charge in [0, 0.05) is 6.04 Å². The first-order chi connectivity index (χ1) is 8.02. The first kappa shape index (κ1) is 12.5. The van der Waals surface area contributed by atoms with Gasteiger partial charge in [0.2, 0.25) is 0 Å². The quantitative estimate of drug-likeness (QED) is 0.871. The Balaban J connectivity index is 2.05. The Bertz CT molecular complexity index is 389. The summed E-state index contributed by atoms with van der Waals surface area (Å²) in [6.45, 7) is 4.66. The number of hydrogen-bond acceptors (Lipinski definition) is 5. The molecular formula is C12H21N3OS. The van der Waals surface area contributed by atoms with Gasteiger partial charge in [-0.15, -0.1) is 0 Å². The molecule has 1 heterocycles. The van der Waals surface area contributed by atoms with E-state index in [9.17, 15) is 0 Å². The number of anilines is 2. The van der Waals surface area contributed by atoms with E-state index < -0.39 is 0 Å². The number of hydrogen-bond donors (Lipinski definition) is 2. The van der Waals surface area contributed by atoms with Gasteiger partial charge in [-0.25, -0.2) is 0 Å². The van der Waals surface area contributed by atoms with E-state index in [1.54, 1.807) is 7.11 Å². The summed E-state index contributed by atoms with van der Waals surface area (Å²) in [5.41, 5.74) is 6.17. The SMILES string of the molecule is COc1c(N)nsc1NC1CCCC(C)(C)C1. The first-order valence-corrected chi connectivity index (χ1v) is 6.85. The van der Waals surface area contributed by atoms with Crippen molar-refractivity contribution in [3.05, 3.63) is 0 Å². The molecule has 1 saturated carbocycles. The van der Waals surface area contributed by atoms with E-state index in [0.717, 1.165) is 5.00 Å². The summed E-state index contributed by atoms with van der Waals surface area (Å²) in [5, 5.41) is 4.49. The summed E-state index contributed by atoms with van der Waals surface area (Å²) in [7, 11) is 1.64. The summed E-state index contributed by atoms with van der Waals surface area (Å²) in [4.78, 5) is 0. The maximum absolute atomic E-state index is 5.74. The third-order valence-electron chi connectivity index (χ3n) is 3.42. The second kappa shape index (κ2) is 4.72. The second-order valence-corrected chi connectivity index (χ2v) is 6.31. The Morgan fingerprint density at radius 2 is 2.29 bits per heavy atom. The van der Waals surface area contributed by atoms with Gasteiger partial charge in [-0.3, -0.25) is 0 Å². The smallest absolute Gasteiger partial charge is 0.197 e. The highest BCUT2D eigenvalue weighted by atomic mass is 32.1. The topological polar surface area (TPSA) is 60.2 Å². The molecule has 17 heavy (non-hydrogen) atoms. The molecule has 1 atom stereocenters. The van der Waals surface area contributed by atoms with Gasteiger partial charge >= 0.3 is 0 Å². The fourth-order valence-electron chi connectivity index (χ4n) is 2.59. The Kier molecular flexibility index (Phi) is 3.47. The number of nitrogens with zero attached hydrogens (tertiary/aromatic N) is 1. The minimum atomic E-state index is 0.430. The number of nitrogens with two attached hydrogens (primary N) is 1.